The van der Waals surface area contributed by atoms with Gasteiger partial charge in [-0.05, 0) is 30.3 Å². The Bertz CT molecular complexity index is 1480. The second-order valence-electron chi connectivity index (χ2n) is 7.98. The van der Waals surface area contributed by atoms with Gasteiger partial charge in [-0.25, -0.2) is 15.0 Å². The predicted octanol–water partition coefficient (Wildman–Crippen LogP) is 7.03. The molecule has 0 saturated carbocycles. The summed E-state index contributed by atoms with van der Waals surface area (Å²) in [7, 11) is 0. The van der Waals surface area contributed by atoms with Crippen LogP contribution in [0.3, 0.4) is 0 Å². The molecule has 1 amide bonds. The van der Waals surface area contributed by atoms with Gasteiger partial charge in [-0.1, -0.05) is 30.1 Å². The zero-order chi connectivity index (χ0) is 27.4. The smallest absolute Gasteiger partial charge is 0.339 e. The molecule has 0 saturated heterocycles. The molecule has 0 bridgehead atoms. The molecule has 1 atom stereocenters. The number of hydrogen-bond acceptors (Lipinski definition) is 8. The summed E-state index contributed by atoms with van der Waals surface area (Å²) >= 11 is 13.0. The number of amides is 1. The Morgan fingerprint density at radius 3 is 2.50 bits per heavy atom. The van der Waals surface area contributed by atoms with Crippen molar-refractivity contribution in [3.8, 4) is 0 Å². The average Bonchev–Trinajstić information content (AvgIpc) is 3.37. The number of anilines is 3. The normalized spacial score (nSPS) is 12.2. The highest BCUT2D eigenvalue weighted by Crippen LogP contribution is 2.36. The molecule has 1 unspecified atom stereocenters. The Hall–Kier alpha value is -3.61. The van der Waals surface area contributed by atoms with Crippen molar-refractivity contribution < 1.29 is 22.8 Å². The first-order chi connectivity index (χ1) is 18.0. The van der Waals surface area contributed by atoms with Crippen molar-refractivity contribution in [2.45, 2.75) is 25.4 Å². The molecule has 14 heteroatoms. The summed E-state index contributed by atoms with van der Waals surface area (Å²) in [5, 5.41) is 5.48. The monoisotopic (exact) mass is 580 g/mol. The fraction of sp³-hybridized carbons (Fsp3) is 0.167. The molecule has 0 radical (unpaired) electrons. The molecule has 3 aromatic heterocycles. The number of nitrogens with one attached hydrogen (secondary N) is 2. The highest BCUT2D eigenvalue weighted by atomic mass is 35.5. The minimum atomic E-state index is -4.67. The van der Waals surface area contributed by atoms with Crippen LogP contribution >= 0.6 is 34.5 Å². The van der Waals surface area contributed by atoms with Crippen LogP contribution in [0.25, 0.3) is 0 Å². The van der Waals surface area contributed by atoms with E-state index < -0.39 is 28.6 Å². The number of alkyl halides is 3. The summed E-state index contributed by atoms with van der Waals surface area (Å²) in [6.07, 6.45) is 1.02. The van der Waals surface area contributed by atoms with Gasteiger partial charge in [-0.15, -0.1) is 11.3 Å². The van der Waals surface area contributed by atoms with Crippen LogP contribution < -0.4 is 10.6 Å². The molecule has 0 fully saturated rings. The van der Waals surface area contributed by atoms with E-state index in [1.807, 2.05) is 0 Å². The number of halogens is 5. The molecule has 38 heavy (non-hydrogen) atoms. The van der Waals surface area contributed by atoms with Gasteiger partial charge in [0.25, 0.3) is 5.91 Å². The summed E-state index contributed by atoms with van der Waals surface area (Å²) in [5.41, 5.74) is -0.423. The topological polar surface area (TPSA) is 110 Å². The van der Waals surface area contributed by atoms with Gasteiger partial charge in [0.15, 0.2) is 11.6 Å². The first-order valence-corrected chi connectivity index (χ1v) is 12.4. The molecular formula is C24H17Cl2F3N6O2S. The lowest BCUT2D eigenvalue weighted by Gasteiger charge is -2.11. The largest absolute Gasteiger partial charge is 0.417 e. The van der Waals surface area contributed by atoms with Gasteiger partial charge in [0.2, 0.25) is 0 Å². The van der Waals surface area contributed by atoms with Gasteiger partial charge in [0, 0.05) is 36.1 Å². The number of Topliss-reactive ketones (excluding diaryl/α,β-unsaturated/α-hetero) is 1. The summed E-state index contributed by atoms with van der Waals surface area (Å²) in [6, 6.07) is 6.50. The third kappa shape index (κ3) is 6.44. The maximum atomic E-state index is 13.1. The Balaban J connectivity index is 1.43. The number of hydrogen-bond donors (Lipinski definition) is 2. The minimum absolute atomic E-state index is 0.00781. The Morgan fingerprint density at radius 2 is 1.79 bits per heavy atom. The van der Waals surface area contributed by atoms with E-state index in [9.17, 15) is 22.8 Å². The van der Waals surface area contributed by atoms with Crippen LogP contribution in [0.4, 0.5) is 30.4 Å². The van der Waals surface area contributed by atoms with Crippen molar-refractivity contribution in [3.63, 3.8) is 0 Å². The van der Waals surface area contributed by atoms with E-state index in [4.69, 9.17) is 23.2 Å². The van der Waals surface area contributed by atoms with Crippen LogP contribution in [0.1, 0.15) is 50.0 Å². The molecular weight excluding hydrogens is 564 g/mol. The quantitative estimate of drug-likeness (QED) is 0.215. The SMILES string of the molecule is CC(CC(=O)c1ncnc(Nc2ccncc2)c1Cl)c1ncc(C(=O)Nc2ccc(Cl)c(C(F)(F)F)c2)s1. The number of carbonyl (C=O) groups is 2. The van der Waals surface area contributed by atoms with Crippen LogP contribution in [-0.2, 0) is 6.18 Å². The van der Waals surface area contributed by atoms with Crippen LogP contribution in [0.5, 0.6) is 0 Å². The molecule has 4 rings (SSSR count). The van der Waals surface area contributed by atoms with Gasteiger partial charge < -0.3 is 10.6 Å². The van der Waals surface area contributed by atoms with Gasteiger partial charge in [-0.2, -0.15) is 13.2 Å². The summed E-state index contributed by atoms with van der Waals surface area (Å²) in [5.74, 6) is -1.14. The molecule has 0 aliphatic heterocycles. The number of thiazole rings is 1. The number of ketones is 1. The minimum Gasteiger partial charge on any atom is -0.339 e. The van der Waals surface area contributed by atoms with Crippen LogP contribution in [0, 0.1) is 0 Å². The fourth-order valence-electron chi connectivity index (χ4n) is 3.32. The molecule has 1 aromatic carbocycles. The molecule has 0 spiro atoms. The summed E-state index contributed by atoms with van der Waals surface area (Å²) in [4.78, 5) is 42.0. The van der Waals surface area contributed by atoms with E-state index in [-0.39, 0.29) is 39.3 Å². The number of benzene rings is 1. The fourth-order valence-corrected chi connectivity index (χ4v) is 4.66. The predicted molar refractivity (Wildman–Crippen MR) is 138 cm³/mol. The number of pyridine rings is 1. The first kappa shape index (κ1) is 27.4. The molecule has 0 aliphatic rings. The van der Waals surface area contributed by atoms with E-state index in [1.54, 1.807) is 31.5 Å². The standard InChI is InChI=1S/C24H17Cl2F3N6O2S/c1-12(8-17(36)20-19(26)21(33-11-32-20)34-13-4-6-30-7-5-13)23-31-10-18(38-23)22(37)35-14-2-3-16(25)15(9-14)24(27,28)29/h2-7,9-12H,8H2,1H3,(H,35,37)(H,30,32,33,34). The third-order valence-corrected chi connectivity index (χ3v) is 7.10. The van der Waals surface area contributed by atoms with Gasteiger partial charge in [0.05, 0.1) is 21.8 Å². The Labute approximate surface area is 228 Å². The lowest BCUT2D eigenvalue weighted by molar-refractivity contribution is -0.137. The molecule has 196 valence electrons. The maximum absolute atomic E-state index is 13.1. The Morgan fingerprint density at radius 1 is 1.05 bits per heavy atom. The lowest BCUT2D eigenvalue weighted by atomic mass is 10.0. The lowest BCUT2D eigenvalue weighted by Crippen LogP contribution is -2.12. The number of carbonyl (C=O) groups excluding carboxylic acids is 2. The molecule has 3 heterocycles. The number of rotatable bonds is 8. The van der Waals surface area contributed by atoms with E-state index in [1.165, 1.54) is 18.6 Å². The van der Waals surface area contributed by atoms with Crippen LogP contribution in [-0.4, -0.2) is 31.6 Å². The van der Waals surface area contributed by atoms with Crippen molar-refractivity contribution >= 4 is 63.4 Å². The van der Waals surface area contributed by atoms with Crippen molar-refractivity contribution in [1.29, 1.82) is 0 Å². The average molecular weight is 581 g/mol. The summed E-state index contributed by atoms with van der Waals surface area (Å²) in [6.45, 7) is 1.75. The highest BCUT2D eigenvalue weighted by Gasteiger charge is 2.33. The molecule has 8 nitrogen and oxygen atoms in total. The second-order valence-corrected chi connectivity index (χ2v) is 9.83. The second kappa shape index (κ2) is 11.4. The van der Waals surface area contributed by atoms with Crippen molar-refractivity contribution in [3.05, 3.63) is 86.4 Å². The number of nitrogens with zero attached hydrogens (tertiary/aromatic N) is 4. The highest BCUT2D eigenvalue weighted by molar-refractivity contribution is 7.13. The van der Waals surface area contributed by atoms with Crippen LogP contribution in [0.15, 0.2) is 55.2 Å². The third-order valence-electron chi connectivity index (χ3n) is 5.19. The number of aromatic nitrogens is 4. The van der Waals surface area contributed by atoms with Crippen molar-refractivity contribution in [2.24, 2.45) is 0 Å². The van der Waals surface area contributed by atoms with Crippen molar-refractivity contribution in [1.82, 2.24) is 19.9 Å². The van der Waals surface area contributed by atoms with E-state index >= 15 is 0 Å². The van der Waals surface area contributed by atoms with Gasteiger partial charge in [-0.3, -0.25) is 14.6 Å². The van der Waals surface area contributed by atoms with Gasteiger partial charge in [0.1, 0.15) is 21.9 Å². The zero-order valence-corrected chi connectivity index (χ0v) is 21.7. The zero-order valence-electron chi connectivity index (χ0n) is 19.4. The van der Waals surface area contributed by atoms with E-state index in [0.717, 1.165) is 23.5 Å². The maximum Gasteiger partial charge on any atom is 0.417 e. The van der Waals surface area contributed by atoms with E-state index in [2.05, 4.69) is 30.6 Å². The first-order valence-electron chi connectivity index (χ1n) is 10.9. The molecule has 2 N–H and O–H groups in total. The molecule has 4 aromatic rings. The molecule has 0 aliphatic carbocycles. The van der Waals surface area contributed by atoms with Gasteiger partial charge >= 0.3 is 6.18 Å². The van der Waals surface area contributed by atoms with Crippen molar-refractivity contribution in [2.75, 3.05) is 10.6 Å². The van der Waals surface area contributed by atoms with E-state index in [0.29, 0.717) is 10.7 Å². The van der Waals surface area contributed by atoms with Crippen LogP contribution in [0.2, 0.25) is 10.0 Å². The Kier molecular flexibility index (Phi) is 8.24. The summed E-state index contributed by atoms with van der Waals surface area (Å²) < 4.78 is 39.3.